The van der Waals surface area contributed by atoms with Crippen LogP contribution in [0.2, 0.25) is 5.02 Å². The Hall–Kier alpha value is -6.50. The summed E-state index contributed by atoms with van der Waals surface area (Å²) in [4.78, 5) is 4.49. The highest BCUT2D eigenvalue weighted by molar-refractivity contribution is 9.10. The van der Waals surface area contributed by atoms with Crippen LogP contribution in [0.3, 0.4) is 0 Å². The van der Waals surface area contributed by atoms with Gasteiger partial charge in [-0.05, 0) is 117 Å². The van der Waals surface area contributed by atoms with Gasteiger partial charge in [0.05, 0.1) is 37.9 Å². The van der Waals surface area contributed by atoms with E-state index in [0.717, 1.165) is 64.9 Å². The van der Waals surface area contributed by atoms with Crippen LogP contribution in [-0.4, -0.2) is 9.13 Å². The molecule has 0 aliphatic rings. The van der Waals surface area contributed by atoms with E-state index in [2.05, 4.69) is 257 Å². The Morgan fingerprint density at radius 1 is 0.484 bits per heavy atom. The fourth-order valence-electron chi connectivity index (χ4n) is 9.23. The highest BCUT2D eigenvalue weighted by Crippen LogP contribution is 2.50. The van der Waals surface area contributed by atoms with Gasteiger partial charge in [0.25, 0.3) is 0 Å². The minimum absolute atomic E-state index is 0.0580. The summed E-state index contributed by atoms with van der Waals surface area (Å²) < 4.78 is 5.70. The predicted octanol–water partition coefficient (Wildman–Crippen LogP) is 17.9. The molecule has 310 valence electrons. The Bertz CT molecular complexity index is 3460. The normalized spacial score (nSPS) is 11.9. The van der Waals surface area contributed by atoms with E-state index in [1.54, 1.807) is 11.8 Å². The topological polar surface area (TPSA) is 13.1 Å². The Morgan fingerprint density at radius 2 is 1.00 bits per heavy atom. The zero-order valence-electron chi connectivity index (χ0n) is 35.6. The lowest BCUT2D eigenvalue weighted by atomic mass is 9.84. The number of aromatic nitrogens is 2. The first-order valence-corrected chi connectivity index (χ1v) is 23.5. The van der Waals surface area contributed by atoms with Crippen molar-refractivity contribution in [3.8, 4) is 22.5 Å². The van der Waals surface area contributed by atoms with Gasteiger partial charge in [-0.1, -0.05) is 165 Å². The summed E-state index contributed by atoms with van der Waals surface area (Å²) in [7, 11) is 0. The largest absolute Gasteiger partial charge is 0.309 e. The van der Waals surface area contributed by atoms with Crippen LogP contribution in [0, 0.1) is 0 Å². The highest BCUT2D eigenvalue weighted by atomic mass is 79.9. The number of para-hydroxylation sites is 4. The van der Waals surface area contributed by atoms with Crippen molar-refractivity contribution in [2.45, 2.75) is 36.0 Å². The second-order valence-corrected chi connectivity index (χ2v) is 19.6. The molecule has 0 spiro atoms. The number of fused-ring (bicyclic) bond motifs is 6. The van der Waals surface area contributed by atoms with Gasteiger partial charge in [0, 0.05) is 59.0 Å². The SMILES string of the molecule is CC(C)(C)c1ccc(N(c2cccc(-n3c4ccccc4c4ccccc43)c2)c2cc(Cl)cc(Sc3cccc(-n4c5ccccc5c5ccccc54)c3)c2Br)c(-c2ccccc2)c1. The molecule has 0 saturated carbocycles. The number of benzene rings is 9. The maximum Gasteiger partial charge on any atom is 0.0630 e. The van der Waals surface area contributed by atoms with E-state index >= 15 is 0 Å². The van der Waals surface area contributed by atoms with Crippen molar-refractivity contribution >= 4 is 100.0 Å². The zero-order valence-corrected chi connectivity index (χ0v) is 38.8. The summed E-state index contributed by atoms with van der Waals surface area (Å²) in [6, 6.07) is 74.1. The quantitative estimate of drug-likeness (QED) is 0.151. The maximum absolute atomic E-state index is 7.27. The Kier molecular flexibility index (Phi) is 10.2. The molecule has 6 heteroatoms. The molecular formula is C58H43BrClN3S. The minimum atomic E-state index is -0.0580. The molecule has 0 amide bonds. The molecule has 3 nitrogen and oxygen atoms in total. The van der Waals surface area contributed by atoms with Crippen molar-refractivity contribution in [3.05, 3.63) is 221 Å². The zero-order chi connectivity index (χ0) is 43.5. The number of nitrogens with zero attached hydrogens (tertiary/aromatic N) is 3. The molecule has 0 aliphatic heterocycles. The minimum Gasteiger partial charge on any atom is -0.309 e. The van der Waals surface area contributed by atoms with Crippen molar-refractivity contribution in [1.29, 1.82) is 0 Å². The first-order chi connectivity index (χ1) is 31.2. The molecule has 0 fully saturated rings. The van der Waals surface area contributed by atoms with Crippen LogP contribution in [-0.2, 0) is 5.41 Å². The molecule has 0 atom stereocenters. The molecule has 0 aliphatic carbocycles. The van der Waals surface area contributed by atoms with Crippen molar-refractivity contribution in [3.63, 3.8) is 0 Å². The molecule has 0 saturated heterocycles. The van der Waals surface area contributed by atoms with Gasteiger partial charge < -0.3 is 14.0 Å². The van der Waals surface area contributed by atoms with Gasteiger partial charge in [-0.15, -0.1) is 0 Å². The van der Waals surface area contributed by atoms with Crippen molar-refractivity contribution < 1.29 is 0 Å². The molecular weight excluding hydrogens is 886 g/mol. The number of anilines is 3. The molecule has 2 aromatic heterocycles. The summed E-state index contributed by atoms with van der Waals surface area (Å²) in [6.07, 6.45) is 0. The smallest absolute Gasteiger partial charge is 0.0630 e. The van der Waals surface area contributed by atoms with Gasteiger partial charge >= 0.3 is 0 Å². The fraction of sp³-hybridized carbons (Fsp3) is 0.0690. The number of rotatable bonds is 8. The van der Waals surface area contributed by atoms with Crippen molar-refractivity contribution in [2.24, 2.45) is 0 Å². The van der Waals surface area contributed by atoms with E-state index in [4.69, 9.17) is 11.6 Å². The van der Waals surface area contributed by atoms with Gasteiger partial charge in [-0.3, -0.25) is 0 Å². The third-order valence-corrected chi connectivity index (χ3v) is 14.6. The van der Waals surface area contributed by atoms with E-state index in [1.807, 2.05) is 0 Å². The molecule has 0 N–H and O–H groups in total. The first kappa shape index (κ1) is 40.3. The standard InChI is InChI=1S/C58H43BrClN3S/c1-58(2,3)39-31-32-54(49(33-39)38-17-5-4-6-18-38)63(42-20-15-19-41(36-42)61-50-27-11-7-23-45(50)46-24-8-12-28-51(46)61)55-34-40(60)35-56(57(55)59)64-44-22-16-21-43(37-44)62-52-29-13-9-25-47(52)48-26-10-14-30-53(48)62/h4-37H,1-3H3. The molecule has 0 bridgehead atoms. The van der Waals surface area contributed by atoms with Crippen molar-refractivity contribution in [1.82, 2.24) is 9.13 Å². The van der Waals surface area contributed by atoms with Crippen LogP contribution < -0.4 is 4.90 Å². The van der Waals surface area contributed by atoms with Crippen LogP contribution in [0.15, 0.2) is 221 Å². The Morgan fingerprint density at radius 3 is 1.56 bits per heavy atom. The lowest BCUT2D eigenvalue weighted by Gasteiger charge is -2.31. The predicted molar refractivity (Wildman–Crippen MR) is 277 cm³/mol. The van der Waals surface area contributed by atoms with Crippen LogP contribution >= 0.6 is 39.3 Å². The number of hydrogen-bond donors (Lipinski definition) is 0. The lowest BCUT2D eigenvalue weighted by molar-refractivity contribution is 0.590. The molecule has 0 radical (unpaired) electrons. The molecule has 64 heavy (non-hydrogen) atoms. The van der Waals surface area contributed by atoms with Gasteiger partial charge in [-0.2, -0.15) is 0 Å². The van der Waals surface area contributed by atoms with Crippen LogP contribution in [0.25, 0.3) is 66.1 Å². The Labute approximate surface area is 391 Å². The van der Waals surface area contributed by atoms with E-state index in [0.29, 0.717) is 5.02 Å². The lowest BCUT2D eigenvalue weighted by Crippen LogP contribution is -2.15. The average molecular weight is 929 g/mol. The third kappa shape index (κ3) is 7.09. The summed E-state index contributed by atoms with van der Waals surface area (Å²) in [5.74, 6) is 0. The molecule has 11 aromatic rings. The van der Waals surface area contributed by atoms with Crippen LogP contribution in [0.4, 0.5) is 17.1 Å². The molecule has 0 unspecified atom stereocenters. The average Bonchev–Trinajstić information content (AvgIpc) is 3.84. The second kappa shape index (κ2) is 16.2. The van der Waals surface area contributed by atoms with Gasteiger partial charge in [0.1, 0.15) is 0 Å². The van der Waals surface area contributed by atoms with Gasteiger partial charge in [0.15, 0.2) is 0 Å². The molecule has 11 rings (SSSR count). The van der Waals surface area contributed by atoms with E-state index in [-0.39, 0.29) is 5.41 Å². The fourth-order valence-corrected chi connectivity index (χ4v) is 11.1. The van der Waals surface area contributed by atoms with Crippen LogP contribution in [0.5, 0.6) is 0 Å². The number of hydrogen-bond acceptors (Lipinski definition) is 2. The molecule has 9 aromatic carbocycles. The van der Waals surface area contributed by atoms with Gasteiger partial charge in [0.2, 0.25) is 0 Å². The maximum atomic E-state index is 7.27. The van der Waals surface area contributed by atoms with E-state index in [9.17, 15) is 0 Å². The van der Waals surface area contributed by atoms with E-state index in [1.165, 1.54) is 38.1 Å². The van der Waals surface area contributed by atoms with E-state index < -0.39 is 0 Å². The summed E-state index contributed by atoms with van der Waals surface area (Å²) in [5.41, 5.74) is 13.3. The monoisotopic (exact) mass is 927 g/mol. The second-order valence-electron chi connectivity index (χ2n) is 17.3. The highest BCUT2D eigenvalue weighted by Gasteiger charge is 2.25. The van der Waals surface area contributed by atoms with Crippen LogP contribution in [0.1, 0.15) is 26.3 Å². The third-order valence-electron chi connectivity index (χ3n) is 12.2. The Balaban J connectivity index is 1.10. The summed E-state index contributed by atoms with van der Waals surface area (Å²) >= 11 is 13.2. The molecule has 2 heterocycles. The summed E-state index contributed by atoms with van der Waals surface area (Å²) in [5, 5.41) is 5.59. The first-order valence-electron chi connectivity index (χ1n) is 21.6. The van der Waals surface area contributed by atoms with Gasteiger partial charge in [-0.25, -0.2) is 0 Å². The number of halogens is 2. The van der Waals surface area contributed by atoms with Crippen molar-refractivity contribution in [2.75, 3.05) is 4.90 Å². The summed E-state index contributed by atoms with van der Waals surface area (Å²) in [6.45, 7) is 6.82.